The summed E-state index contributed by atoms with van der Waals surface area (Å²) in [5.41, 5.74) is 1.25. The average molecular weight is 392 g/mol. The quantitative estimate of drug-likeness (QED) is 0.750. The molecule has 0 aliphatic rings. The maximum atomic E-state index is 13.7. The van der Waals surface area contributed by atoms with Crippen LogP contribution in [0.2, 0.25) is 0 Å². The van der Waals surface area contributed by atoms with E-state index < -0.39 is 6.04 Å². The molecule has 0 aliphatic heterocycles. The van der Waals surface area contributed by atoms with Gasteiger partial charge in [-0.2, -0.15) is 0 Å². The SMILES string of the molecule is CNC(=O)[C@H](C)N(Cc1ccc(F)cc1)C(=O)CSCc1ccccc1F. The maximum Gasteiger partial charge on any atom is 0.242 e. The normalized spacial score (nSPS) is 11.7. The minimum atomic E-state index is -0.679. The van der Waals surface area contributed by atoms with E-state index in [0.717, 1.165) is 5.56 Å². The van der Waals surface area contributed by atoms with Crippen molar-refractivity contribution in [1.82, 2.24) is 10.2 Å². The number of hydrogen-bond acceptors (Lipinski definition) is 3. The Labute approximate surface area is 161 Å². The summed E-state index contributed by atoms with van der Waals surface area (Å²) in [5, 5.41) is 2.54. The number of hydrogen-bond donors (Lipinski definition) is 1. The zero-order chi connectivity index (χ0) is 19.8. The van der Waals surface area contributed by atoms with Crippen molar-refractivity contribution in [3.8, 4) is 0 Å². The predicted octanol–water partition coefficient (Wildman–Crippen LogP) is 3.36. The molecular formula is C20H22F2N2O2S. The van der Waals surface area contributed by atoms with Crippen molar-refractivity contribution in [2.24, 2.45) is 0 Å². The summed E-state index contributed by atoms with van der Waals surface area (Å²) in [6, 6.07) is 11.5. The number of carbonyl (C=O) groups is 2. The number of amides is 2. The molecule has 2 rings (SSSR count). The summed E-state index contributed by atoms with van der Waals surface area (Å²) in [6.07, 6.45) is 0. The van der Waals surface area contributed by atoms with Gasteiger partial charge in [0.1, 0.15) is 17.7 Å². The Hall–Kier alpha value is -2.41. The highest BCUT2D eigenvalue weighted by Gasteiger charge is 2.25. The fourth-order valence-corrected chi connectivity index (χ4v) is 3.42. The van der Waals surface area contributed by atoms with E-state index in [4.69, 9.17) is 0 Å². The van der Waals surface area contributed by atoms with Gasteiger partial charge in [-0.3, -0.25) is 9.59 Å². The highest BCUT2D eigenvalue weighted by molar-refractivity contribution is 7.99. The number of nitrogens with zero attached hydrogens (tertiary/aromatic N) is 1. The molecule has 7 heteroatoms. The van der Waals surface area contributed by atoms with Gasteiger partial charge < -0.3 is 10.2 Å². The summed E-state index contributed by atoms with van der Waals surface area (Å²) in [4.78, 5) is 26.2. The van der Waals surface area contributed by atoms with E-state index in [-0.39, 0.29) is 35.7 Å². The molecule has 0 saturated heterocycles. The highest BCUT2D eigenvalue weighted by atomic mass is 32.2. The van der Waals surface area contributed by atoms with Crippen LogP contribution >= 0.6 is 11.8 Å². The van der Waals surface area contributed by atoms with Gasteiger partial charge in [0, 0.05) is 19.3 Å². The Balaban J connectivity index is 2.04. The molecule has 0 aromatic heterocycles. The first kappa shape index (κ1) is 20.9. The number of benzene rings is 2. The zero-order valence-corrected chi connectivity index (χ0v) is 16.1. The summed E-state index contributed by atoms with van der Waals surface area (Å²) in [7, 11) is 1.51. The first-order valence-corrected chi connectivity index (χ1v) is 9.64. The lowest BCUT2D eigenvalue weighted by molar-refractivity contribution is -0.138. The van der Waals surface area contributed by atoms with Gasteiger partial charge in [0.15, 0.2) is 0 Å². The minimum Gasteiger partial charge on any atom is -0.357 e. The molecule has 2 amide bonds. The van der Waals surface area contributed by atoms with Crippen LogP contribution in [0.3, 0.4) is 0 Å². The summed E-state index contributed by atoms with van der Waals surface area (Å²) >= 11 is 1.28. The predicted molar refractivity (Wildman–Crippen MR) is 103 cm³/mol. The van der Waals surface area contributed by atoms with E-state index in [2.05, 4.69) is 5.32 Å². The van der Waals surface area contributed by atoms with E-state index in [9.17, 15) is 18.4 Å². The molecule has 0 bridgehead atoms. The minimum absolute atomic E-state index is 0.108. The summed E-state index contributed by atoms with van der Waals surface area (Å²) in [6.45, 7) is 1.83. The topological polar surface area (TPSA) is 49.4 Å². The molecule has 0 spiro atoms. The van der Waals surface area contributed by atoms with Crippen molar-refractivity contribution in [3.63, 3.8) is 0 Å². The van der Waals surface area contributed by atoms with E-state index in [0.29, 0.717) is 11.3 Å². The first-order valence-electron chi connectivity index (χ1n) is 8.49. The van der Waals surface area contributed by atoms with Crippen molar-refractivity contribution in [1.29, 1.82) is 0 Å². The third-order valence-electron chi connectivity index (χ3n) is 4.12. The van der Waals surface area contributed by atoms with Crippen molar-refractivity contribution in [2.75, 3.05) is 12.8 Å². The van der Waals surface area contributed by atoms with Gasteiger partial charge in [-0.05, 0) is 36.2 Å². The van der Waals surface area contributed by atoms with Crippen LogP contribution in [0.4, 0.5) is 8.78 Å². The van der Waals surface area contributed by atoms with Crippen LogP contribution in [-0.2, 0) is 21.9 Å². The molecule has 0 saturated carbocycles. The molecule has 4 nitrogen and oxygen atoms in total. The zero-order valence-electron chi connectivity index (χ0n) is 15.2. The molecule has 2 aromatic carbocycles. The number of halogens is 2. The Bertz CT molecular complexity index is 784. The number of thioether (sulfide) groups is 1. The van der Waals surface area contributed by atoms with Crippen LogP contribution in [0.5, 0.6) is 0 Å². The smallest absolute Gasteiger partial charge is 0.242 e. The molecule has 0 aliphatic carbocycles. The molecule has 0 fully saturated rings. The molecular weight excluding hydrogens is 370 g/mol. The first-order chi connectivity index (χ1) is 12.9. The molecule has 0 heterocycles. The number of carbonyl (C=O) groups excluding carboxylic acids is 2. The van der Waals surface area contributed by atoms with Gasteiger partial charge in [-0.1, -0.05) is 30.3 Å². The van der Waals surface area contributed by atoms with E-state index in [1.54, 1.807) is 37.3 Å². The fourth-order valence-electron chi connectivity index (χ4n) is 2.52. The largest absolute Gasteiger partial charge is 0.357 e. The van der Waals surface area contributed by atoms with Crippen molar-refractivity contribution in [2.45, 2.75) is 25.3 Å². The lowest BCUT2D eigenvalue weighted by Gasteiger charge is -2.28. The van der Waals surface area contributed by atoms with Crippen LogP contribution < -0.4 is 5.32 Å². The van der Waals surface area contributed by atoms with Crippen LogP contribution in [0, 0.1) is 11.6 Å². The summed E-state index contributed by atoms with van der Waals surface area (Å²) in [5.74, 6) is -0.731. The maximum absolute atomic E-state index is 13.7. The Morgan fingerprint density at radius 2 is 1.78 bits per heavy atom. The lowest BCUT2D eigenvalue weighted by atomic mass is 10.1. The third kappa shape index (κ3) is 6.06. The third-order valence-corrected chi connectivity index (χ3v) is 5.09. The van der Waals surface area contributed by atoms with Crippen LogP contribution in [-0.4, -0.2) is 35.6 Å². The second kappa shape index (κ2) is 10.1. The van der Waals surface area contributed by atoms with Gasteiger partial charge >= 0.3 is 0 Å². The van der Waals surface area contributed by atoms with E-state index in [1.165, 1.54) is 41.9 Å². The van der Waals surface area contributed by atoms with Crippen LogP contribution in [0.15, 0.2) is 48.5 Å². The number of likely N-dealkylation sites (N-methyl/N-ethyl adjacent to an activating group) is 1. The highest BCUT2D eigenvalue weighted by Crippen LogP contribution is 2.18. The molecule has 1 atom stereocenters. The standard InChI is InChI=1S/C20H22F2N2O2S/c1-14(20(26)23-2)24(11-15-7-9-17(21)10-8-15)19(25)13-27-12-16-5-3-4-6-18(16)22/h3-10,14H,11-13H2,1-2H3,(H,23,26)/t14-/m0/s1. The van der Waals surface area contributed by atoms with Gasteiger partial charge in [0.05, 0.1) is 5.75 Å². The van der Waals surface area contributed by atoms with Crippen molar-refractivity contribution < 1.29 is 18.4 Å². The monoisotopic (exact) mass is 392 g/mol. The fraction of sp³-hybridized carbons (Fsp3) is 0.300. The number of rotatable bonds is 8. The molecule has 0 radical (unpaired) electrons. The second-order valence-electron chi connectivity index (χ2n) is 6.02. The van der Waals surface area contributed by atoms with Crippen molar-refractivity contribution in [3.05, 3.63) is 71.3 Å². The molecule has 144 valence electrons. The molecule has 27 heavy (non-hydrogen) atoms. The average Bonchev–Trinajstić information content (AvgIpc) is 2.67. The van der Waals surface area contributed by atoms with E-state index >= 15 is 0 Å². The summed E-state index contributed by atoms with van der Waals surface area (Å²) < 4.78 is 26.8. The van der Waals surface area contributed by atoms with Gasteiger partial charge in [0.25, 0.3) is 0 Å². The molecule has 2 aromatic rings. The second-order valence-corrected chi connectivity index (χ2v) is 7.01. The lowest BCUT2D eigenvalue weighted by Crippen LogP contribution is -2.47. The van der Waals surface area contributed by atoms with E-state index in [1.807, 2.05) is 0 Å². The molecule has 0 unspecified atom stereocenters. The van der Waals surface area contributed by atoms with Crippen LogP contribution in [0.25, 0.3) is 0 Å². The van der Waals surface area contributed by atoms with Crippen molar-refractivity contribution >= 4 is 23.6 Å². The number of nitrogens with one attached hydrogen (secondary N) is 1. The Morgan fingerprint density at radius 3 is 2.41 bits per heavy atom. The molecule has 1 N–H and O–H groups in total. The van der Waals surface area contributed by atoms with Gasteiger partial charge in [0.2, 0.25) is 11.8 Å². The Morgan fingerprint density at radius 1 is 1.11 bits per heavy atom. The van der Waals surface area contributed by atoms with Gasteiger partial charge in [-0.25, -0.2) is 8.78 Å². The van der Waals surface area contributed by atoms with Crippen LogP contribution in [0.1, 0.15) is 18.1 Å². The van der Waals surface area contributed by atoms with Gasteiger partial charge in [-0.15, -0.1) is 11.8 Å². The Kier molecular flexibility index (Phi) is 7.79.